The minimum Gasteiger partial charge on any atom is -0.450 e. The SMILES string of the molecule is CCOC(=O)N1CCC(Nc2ccnc(C(=O)NC3CC3)c2)CC1. The van der Waals surface area contributed by atoms with E-state index in [1.807, 2.05) is 13.0 Å². The van der Waals surface area contributed by atoms with Crippen molar-refractivity contribution in [1.82, 2.24) is 15.2 Å². The molecule has 0 unspecified atom stereocenters. The van der Waals surface area contributed by atoms with Crippen molar-refractivity contribution in [2.45, 2.75) is 44.7 Å². The zero-order valence-electron chi connectivity index (χ0n) is 14.0. The van der Waals surface area contributed by atoms with E-state index in [2.05, 4.69) is 15.6 Å². The summed E-state index contributed by atoms with van der Waals surface area (Å²) in [6, 6.07) is 4.25. The smallest absolute Gasteiger partial charge is 0.409 e. The summed E-state index contributed by atoms with van der Waals surface area (Å²) in [7, 11) is 0. The Morgan fingerprint density at radius 2 is 2.00 bits per heavy atom. The van der Waals surface area contributed by atoms with E-state index in [0.29, 0.717) is 31.4 Å². The van der Waals surface area contributed by atoms with Crippen molar-refractivity contribution < 1.29 is 14.3 Å². The van der Waals surface area contributed by atoms with Crippen LogP contribution in [0.15, 0.2) is 18.3 Å². The lowest BCUT2D eigenvalue weighted by atomic mass is 10.1. The summed E-state index contributed by atoms with van der Waals surface area (Å²) in [5, 5.41) is 6.38. The number of amides is 2. The van der Waals surface area contributed by atoms with Crippen LogP contribution < -0.4 is 10.6 Å². The van der Waals surface area contributed by atoms with E-state index in [4.69, 9.17) is 4.74 Å². The quantitative estimate of drug-likeness (QED) is 0.862. The Labute approximate surface area is 141 Å². The second-order valence-electron chi connectivity index (χ2n) is 6.28. The molecule has 1 aliphatic carbocycles. The number of nitrogens with zero attached hydrogens (tertiary/aromatic N) is 2. The van der Waals surface area contributed by atoms with E-state index in [9.17, 15) is 9.59 Å². The van der Waals surface area contributed by atoms with E-state index in [-0.39, 0.29) is 18.0 Å². The molecule has 1 aromatic heterocycles. The van der Waals surface area contributed by atoms with Crippen LogP contribution in [0.4, 0.5) is 10.5 Å². The number of anilines is 1. The molecule has 1 aromatic rings. The number of carbonyl (C=O) groups is 2. The summed E-state index contributed by atoms with van der Waals surface area (Å²) < 4.78 is 5.03. The molecular formula is C17H24N4O3. The third kappa shape index (κ3) is 4.37. The maximum Gasteiger partial charge on any atom is 0.409 e. The van der Waals surface area contributed by atoms with Gasteiger partial charge in [-0.25, -0.2) is 4.79 Å². The largest absolute Gasteiger partial charge is 0.450 e. The highest BCUT2D eigenvalue weighted by atomic mass is 16.6. The molecule has 2 fully saturated rings. The molecule has 1 saturated carbocycles. The Balaban J connectivity index is 1.51. The van der Waals surface area contributed by atoms with E-state index in [1.54, 1.807) is 17.2 Å². The van der Waals surface area contributed by atoms with Crippen LogP contribution in [0.5, 0.6) is 0 Å². The maximum absolute atomic E-state index is 12.1. The number of likely N-dealkylation sites (tertiary alicyclic amines) is 1. The minimum absolute atomic E-state index is 0.113. The summed E-state index contributed by atoms with van der Waals surface area (Å²) in [6.07, 6.45) is 5.23. The molecule has 1 aliphatic heterocycles. The van der Waals surface area contributed by atoms with E-state index in [0.717, 1.165) is 31.4 Å². The van der Waals surface area contributed by atoms with Gasteiger partial charge >= 0.3 is 6.09 Å². The summed E-state index contributed by atoms with van der Waals surface area (Å²) in [5.74, 6) is -0.113. The van der Waals surface area contributed by atoms with Gasteiger partial charge in [-0.3, -0.25) is 9.78 Å². The fourth-order valence-corrected chi connectivity index (χ4v) is 2.79. The van der Waals surface area contributed by atoms with Crippen LogP contribution in [0, 0.1) is 0 Å². The molecule has 3 rings (SSSR count). The summed E-state index contributed by atoms with van der Waals surface area (Å²) in [4.78, 5) is 29.7. The third-order valence-electron chi connectivity index (χ3n) is 4.30. The van der Waals surface area contributed by atoms with Gasteiger partial charge < -0.3 is 20.3 Å². The van der Waals surface area contributed by atoms with Crippen molar-refractivity contribution in [1.29, 1.82) is 0 Å². The van der Waals surface area contributed by atoms with Gasteiger partial charge in [0.2, 0.25) is 0 Å². The average molecular weight is 332 g/mol. The number of rotatable bonds is 5. The normalized spacial score (nSPS) is 18.1. The number of piperidine rings is 1. The van der Waals surface area contributed by atoms with Crippen LogP contribution in [0.2, 0.25) is 0 Å². The molecule has 2 N–H and O–H groups in total. The molecule has 0 aromatic carbocycles. The van der Waals surface area contributed by atoms with Crippen molar-refractivity contribution in [2.75, 3.05) is 25.0 Å². The number of hydrogen-bond donors (Lipinski definition) is 2. The predicted molar refractivity (Wildman–Crippen MR) is 90.0 cm³/mol. The van der Waals surface area contributed by atoms with Gasteiger partial charge in [-0.1, -0.05) is 0 Å². The number of carbonyl (C=O) groups excluding carboxylic acids is 2. The van der Waals surface area contributed by atoms with E-state index < -0.39 is 0 Å². The van der Waals surface area contributed by atoms with Gasteiger partial charge in [0.05, 0.1) is 6.61 Å². The Kier molecular flexibility index (Phi) is 5.17. The van der Waals surface area contributed by atoms with Crippen molar-refractivity contribution in [3.63, 3.8) is 0 Å². The Morgan fingerprint density at radius 1 is 1.25 bits per heavy atom. The highest BCUT2D eigenvalue weighted by Crippen LogP contribution is 2.20. The lowest BCUT2D eigenvalue weighted by molar-refractivity contribution is 0.0943. The zero-order chi connectivity index (χ0) is 16.9. The molecule has 0 bridgehead atoms. The van der Waals surface area contributed by atoms with E-state index >= 15 is 0 Å². The molecule has 7 nitrogen and oxygen atoms in total. The number of ether oxygens (including phenoxy) is 1. The van der Waals surface area contributed by atoms with Crippen molar-refractivity contribution >= 4 is 17.7 Å². The highest BCUT2D eigenvalue weighted by molar-refractivity contribution is 5.93. The van der Waals surface area contributed by atoms with Gasteiger partial charge in [-0.2, -0.15) is 0 Å². The molecule has 130 valence electrons. The number of nitrogens with one attached hydrogen (secondary N) is 2. The van der Waals surface area contributed by atoms with Crippen LogP contribution in [0.1, 0.15) is 43.1 Å². The first-order valence-electron chi connectivity index (χ1n) is 8.61. The topological polar surface area (TPSA) is 83.6 Å². The molecule has 0 radical (unpaired) electrons. The molecule has 2 heterocycles. The number of pyridine rings is 1. The van der Waals surface area contributed by atoms with Crippen LogP contribution in [-0.4, -0.2) is 53.7 Å². The average Bonchev–Trinajstić information content (AvgIpc) is 3.40. The molecule has 2 aliphatic rings. The molecule has 7 heteroatoms. The second kappa shape index (κ2) is 7.51. The van der Waals surface area contributed by atoms with Crippen molar-refractivity contribution in [3.05, 3.63) is 24.0 Å². The Bertz CT molecular complexity index is 595. The zero-order valence-corrected chi connectivity index (χ0v) is 14.0. The van der Waals surface area contributed by atoms with Gasteiger partial charge in [0.15, 0.2) is 0 Å². The van der Waals surface area contributed by atoms with Gasteiger partial charge in [0.25, 0.3) is 5.91 Å². The molecule has 1 saturated heterocycles. The standard InChI is InChI=1S/C17H24N4O3/c1-2-24-17(23)21-9-6-13(7-10-21)19-14-5-8-18-15(11-14)16(22)20-12-3-4-12/h5,8,11-13H,2-4,6-7,9-10H2,1H3,(H,18,19)(H,20,22). The summed E-state index contributed by atoms with van der Waals surface area (Å²) in [6.45, 7) is 3.57. The van der Waals surface area contributed by atoms with Crippen LogP contribution in [0.25, 0.3) is 0 Å². The maximum atomic E-state index is 12.1. The number of hydrogen-bond acceptors (Lipinski definition) is 5. The van der Waals surface area contributed by atoms with Gasteiger partial charge in [-0.15, -0.1) is 0 Å². The lowest BCUT2D eigenvalue weighted by Crippen LogP contribution is -2.42. The molecule has 24 heavy (non-hydrogen) atoms. The highest BCUT2D eigenvalue weighted by Gasteiger charge is 2.25. The molecule has 0 spiro atoms. The predicted octanol–water partition coefficient (Wildman–Crippen LogP) is 2.01. The second-order valence-corrected chi connectivity index (χ2v) is 6.28. The van der Waals surface area contributed by atoms with Crippen LogP contribution in [-0.2, 0) is 4.74 Å². The van der Waals surface area contributed by atoms with Gasteiger partial charge in [0.1, 0.15) is 5.69 Å². The van der Waals surface area contributed by atoms with Crippen molar-refractivity contribution in [2.24, 2.45) is 0 Å². The van der Waals surface area contributed by atoms with E-state index in [1.165, 1.54) is 0 Å². The first kappa shape index (κ1) is 16.5. The molecule has 0 atom stereocenters. The minimum atomic E-state index is -0.237. The molecular weight excluding hydrogens is 308 g/mol. The first-order chi connectivity index (χ1) is 11.7. The van der Waals surface area contributed by atoms with Gasteiger partial charge in [-0.05, 0) is 44.7 Å². The first-order valence-corrected chi connectivity index (χ1v) is 8.61. The Hall–Kier alpha value is -2.31. The van der Waals surface area contributed by atoms with Crippen LogP contribution >= 0.6 is 0 Å². The summed E-state index contributed by atoms with van der Waals surface area (Å²) >= 11 is 0. The fraction of sp³-hybridized carbons (Fsp3) is 0.588. The van der Waals surface area contributed by atoms with Gasteiger partial charge in [0, 0.05) is 37.1 Å². The van der Waals surface area contributed by atoms with Crippen LogP contribution in [0.3, 0.4) is 0 Å². The van der Waals surface area contributed by atoms with Crippen molar-refractivity contribution in [3.8, 4) is 0 Å². The third-order valence-corrected chi connectivity index (χ3v) is 4.30. The number of aromatic nitrogens is 1. The molecule has 2 amide bonds. The Morgan fingerprint density at radius 3 is 2.67 bits per heavy atom. The summed E-state index contributed by atoms with van der Waals surface area (Å²) in [5.41, 5.74) is 1.33. The fourth-order valence-electron chi connectivity index (χ4n) is 2.79. The monoisotopic (exact) mass is 332 g/mol. The lowest BCUT2D eigenvalue weighted by Gasteiger charge is -2.32.